The van der Waals surface area contributed by atoms with E-state index >= 15 is 0 Å². The highest BCUT2D eigenvalue weighted by atomic mass is 35.5. The van der Waals surface area contributed by atoms with Gasteiger partial charge >= 0.3 is 0 Å². The second-order valence-corrected chi connectivity index (χ2v) is 5.13. The van der Waals surface area contributed by atoms with Crippen molar-refractivity contribution >= 4 is 44.5 Å². The van der Waals surface area contributed by atoms with Crippen molar-refractivity contribution in [1.29, 1.82) is 0 Å². The molecule has 0 fully saturated rings. The van der Waals surface area contributed by atoms with Crippen molar-refractivity contribution in [2.75, 3.05) is 0 Å². The maximum atomic E-state index is 5.97. The molecule has 0 spiro atoms. The van der Waals surface area contributed by atoms with Crippen LogP contribution >= 0.6 is 34.3 Å². The Morgan fingerprint density at radius 3 is 2.87 bits per heavy atom. The van der Waals surface area contributed by atoms with Gasteiger partial charge in [-0.25, -0.2) is 15.0 Å². The maximum Gasteiger partial charge on any atom is 0.150 e. The molecule has 0 aromatic carbocycles. The average molecular weight is 254 g/mol. The molecule has 0 amide bonds. The lowest BCUT2D eigenvalue weighted by molar-refractivity contribution is 1.23. The molecule has 0 aliphatic heterocycles. The summed E-state index contributed by atoms with van der Waals surface area (Å²) in [5.41, 5.74) is 0.880. The Morgan fingerprint density at radius 2 is 2.13 bits per heavy atom. The smallest absolute Gasteiger partial charge is 0.150 e. The number of hydrogen-bond acceptors (Lipinski definition) is 5. The highest BCUT2D eigenvalue weighted by molar-refractivity contribution is 7.25. The van der Waals surface area contributed by atoms with Crippen molar-refractivity contribution in [2.45, 2.75) is 0 Å². The molecule has 3 heterocycles. The summed E-state index contributed by atoms with van der Waals surface area (Å²) in [7, 11) is 0. The lowest BCUT2D eigenvalue weighted by Gasteiger charge is -1.87. The third kappa shape index (κ3) is 1.52. The molecule has 0 bridgehead atoms. The van der Waals surface area contributed by atoms with Gasteiger partial charge in [0.2, 0.25) is 0 Å². The van der Waals surface area contributed by atoms with Crippen LogP contribution in [0.15, 0.2) is 24.0 Å². The van der Waals surface area contributed by atoms with Gasteiger partial charge in [-0.15, -0.1) is 22.7 Å². The van der Waals surface area contributed by atoms with Crippen LogP contribution < -0.4 is 0 Å². The number of halogens is 1. The van der Waals surface area contributed by atoms with Crippen LogP contribution in [-0.2, 0) is 0 Å². The number of thiazole rings is 1. The van der Waals surface area contributed by atoms with Gasteiger partial charge < -0.3 is 0 Å². The van der Waals surface area contributed by atoms with E-state index in [0.717, 1.165) is 20.1 Å². The Morgan fingerprint density at radius 1 is 1.20 bits per heavy atom. The second-order valence-electron chi connectivity index (χ2n) is 2.83. The highest BCUT2D eigenvalue weighted by Gasteiger charge is 2.09. The van der Waals surface area contributed by atoms with E-state index in [2.05, 4.69) is 15.0 Å². The number of hydrogen-bond donors (Lipinski definition) is 0. The van der Waals surface area contributed by atoms with Gasteiger partial charge in [-0.3, -0.25) is 0 Å². The minimum absolute atomic E-state index is 0.507. The van der Waals surface area contributed by atoms with Crippen LogP contribution in [0.1, 0.15) is 0 Å². The van der Waals surface area contributed by atoms with Crippen LogP contribution in [0.2, 0.25) is 5.15 Å². The Labute approximate surface area is 98.4 Å². The topological polar surface area (TPSA) is 38.7 Å². The van der Waals surface area contributed by atoms with Crippen LogP contribution in [0.25, 0.3) is 20.1 Å². The molecule has 15 heavy (non-hydrogen) atoms. The van der Waals surface area contributed by atoms with Gasteiger partial charge in [0.25, 0.3) is 0 Å². The van der Waals surface area contributed by atoms with E-state index < -0.39 is 0 Å². The van der Waals surface area contributed by atoms with Crippen LogP contribution in [-0.4, -0.2) is 15.0 Å². The maximum absolute atomic E-state index is 5.97. The Kier molecular flexibility index (Phi) is 2.16. The second kappa shape index (κ2) is 3.52. The summed E-state index contributed by atoms with van der Waals surface area (Å²) in [6.45, 7) is 0. The Balaban J connectivity index is 2.27. The molecule has 0 saturated carbocycles. The molecule has 0 N–H and O–H groups in total. The molecule has 3 aromatic heterocycles. The largest absolute Gasteiger partial charge is 0.244 e. The van der Waals surface area contributed by atoms with Gasteiger partial charge in [-0.2, -0.15) is 0 Å². The van der Waals surface area contributed by atoms with E-state index in [0.29, 0.717) is 5.15 Å². The number of fused-ring (bicyclic) bond motifs is 1. The molecule has 6 heteroatoms. The molecular formula is C9H4ClN3S2. The molecule has 3 rings (SSSR count). The zero-order valence-corrected chi connectivity index (χ0v) is 9.73. The Bertz CT molecular complexity index is 603. The van der Waals surface area contributed by atoms with E-state index in [9.17, 15) is 0 Å². The first-order valence-electron chi connectivity index (χ1n) is 4.14. The predicted octanol–water partition coefficient (Wildman–Crippen LogP) is 3.47. The van der Waals surface area contributed by atoms with E-state index in [1.165, 1.54) is 6.33 Å². The number of aromatic nitrogens is 3. The molecule has 0 aliphatic carbocycles. The summed E-state index contributed by atoms with van der Waals surface area (Å²) in [6, 6.07) is 1.99. The van der Waals surface area contributed by atoms with Gasteiger partial charge in [0.15, 0.2) is 0 Å². The fraction of sp³-hybridized carbons (Fsp3) is 0. The summed E-state index contributed by atoms with van der Waals surface area (Å²) < 4.78 is 0.921. The van der Waals surface area contributed by atoms with Gasteiger partial charge in [0.05, 0.1) is 15.1 Å². The van der Waals surface area contributed by atoms with Gasteiger partial charge in [0.1, 0.15) is 16.5 Å². The predicted molar refractivity (Wildman–Crippen MR) is 63.5 cm³/mol. The van der Waals surface area contributed by atoms with Crippen molar-refractivity contribution in [2.24, 2.45) is 0 Å². The molecule has 3 nitrogen and oxygen atoms in total. The summed E-state index contributed by atoms with van der Waals surface area (Å²) in [6.07, 6.45) is 3.26. The monoisotopic (exact) mass is 253 g/mol. The van der Waals surface area contributed by atoms with E-state index in [4.69, 9.17) is 11.6 Å². The number of rotatable bonds is 1. The van der Waals surface area contributed by atoms with E-state index in [1.54, 1.807) is 28.9 Å². The van der Waals surface area contributed by atoms with Crippen molar-refractivity contribution < 1.29 is 0 Å². The lowest BCUT2D eigenvalue weighted by atomic mass is 10.4. The zero-order chi connectivity index (χ0) is 10.3. The van der Waals surface area contributed by atoms with Crippen molar-refractivity contribution in [3.05, 3.63) is 29.1 Å². The molecule has 3 aromatic rings. The number of nitrogens with zero attached hydrogens (tertiary/aromatic N) is 3. The molecule has 0 saturated heterocycles. The van der Waals surface area contributed by atoms with Crippen LogP contribution in [0, 0.1) is 0 Å². The summed E-state index contributed by atoms with van der Waals surface area (Å²) in [5.74, 6) is 0. The summed E-state index contributed by atoms with van der Waals surface area (Å²) >= 11 is 9.15. The van der Waals surface area contributed by atoms with Crippen LogP contribution in [0.5, 0.6) is 0 Å². The van der Waals surface area contributed by atoms with Gasteiger partial charge in [-0.1, -0.05) is 11.6 Å². The first-order valence-corrected chi connectivity index (χ1v) is 6.22. The molecular weight excluding hydrogens is 250 g/mol. The zero-order valence-electron chi connectivity index (χ0n) is 7.35. The van der Waals surface area contributed by atoms with E-state index in [-0.39, 0.29) is 0 Å². The van der Waals surface area contributed by atoms with E-state index in [1.807, 2.05) is 11.4 Å². The van der Waals surface area contributed by atoms with Gasteiger partial charge in [-0.05, 0) is 6.07 Å². The highest BCUT2D eigenvalue weighted by Crippen LogP contribution is 2.35. The molecule has 0 aliphatic rings. The lowest BCUT2D eigenvalue weighted by Crippen LogP contribution is -1.76. The quantitative estimate of drug-likeness (QED) is 0.624. The molecule has 0 unspecified atom stereocenters. The van der Waals surface area contributed by atoms with Crippen molar-refractivity contribution in [3.8, 4) is 9.88 Å². The summed E-state index contributed by atoms with van der Waals surface area (Å²) in [5, 5.41) is 3.45. The molecule has 74 valence electrons. The normalized spacial score (nSPS) is 11.0. The minimum Gasteiger partial charge on any atom is -0.244 e. The fourth-order valence-electron chi connectivity index (χ4n) is 1.28. The van der Waals surface area contributed by atoms with Crippen LogP contribution in [0.3, 0.4) is 0 Å². The summed E-state index contributed by atoms with van der Waals surface area (Å²) in [4.78, 5) is 13.4. The van der Waals surface area contributed by atoms with Crippen molar-refractivity contribution in [3.63, 3.8) is 0 Å². The van der Waals surface area contributed by atoms with Crippen LogP contribution in [0.4, 0.5) is 0 Å². The fourth-order valence-corrected chi connectivity index (χ4v) is 3.23. The first kappa shape index (κ1) is 9.21. The third-order valence-electron chi connectivity index (χ3n) is 1.91. The standard InChI is InChI=1S/C9H4ClN3S2/c10-8-7-5(12-4-13-8)3-6(15-7)9-11-1-2-14-9/h1-4H. The minimum atomic E-state index is 0.507. The Hall–Kier alpha value is -1.04. The average Bonchev–Trinajstić information content (AvgIpc) is 2.86. The van der Waals surface area contributed by atoms with Gasteiger partial charge in [0, 0.05) is 11.6 Å². The molecule has 0 radical (unpaired) electrons. The molecule has 0 atom stereocenters. The SMILES string of the molecule is Clc1ncnc2cc(-c3nccs3)sc12. The van der Waals surface area contributed by atoms with Crippen molar-refractivity contribution in [1.82, 2.24) is 15.0 Å². The first-order chi connectivity index (χ1) is 7.34. The third-order valence-corrected chi connectivity index (χ3v) is 4.38. The number of thiophene rings is 1.